The van der Waals surface area contributed by atoms with Gasteiger partial charge in [0.2, 0.25) is 5.91 Å². The molecule has 3 rings (SSSR count). The Morgan fingerprint density at radius 2 is 2.04 bits per heavy atom. The van der Waals surface area contributed by atoms with Gasteiger partial charge in [0.05, 0.1) is 20.8 Å². The van der Waals surface area contributed by atoms with Crippen molar-refractivity contribution in [3.63, 3.8) is 0 Å². The molecular formula is C18H22N2O3S. The molecule has 2 heterocycles. The van der Waals surface area contributed by atoms with E-state index < -0.39 is 0 Å². The molecule has 0 fully saturated rings. The summed E-state index contributed by atoms with van der Waals surface area (Å²) in [6, 6.07) is 7.80. The summed E-state index contributed by atoms with van der Waals surface area (Å²) in [7, 11) is 5.14. The standard InChI is InChI=1S/C18H22N2O3S/c1-19(14-4-5-15(22-2)16(10-14)23-3)12-18(21)20-8-6-17-13(11-20)7-9-24-17/h4-5,7,9-10H,6,8,11-12H2,1-3H3. The molecule has 6 heteroatoms. The number of amides is 1. The topological polar surface area (TPSA) is 42.0 Å². The lowest BCUT2D eigenvalue weighted by atomic mass is 10.1. The molecule has 0 saturated heterocycles. The van der Waals surface area contributed by atoms with Crippen LogP contribution in [-0.4, -0.2) is 45.2 Å². The lowest BCUT2D eigenvalue weighted by Crippen LogP contribution is -2.41. The van der Waals surface area contributed by atoms with Crippen LogP contribution in [0.4, 0.5) is 5.69 Å². The van der Waals surface area contributed by atoms with Gasteiger partial charge in [0.25, 0.3) is 0 Å². The van der Waals surface area contributed by atoms with E-state index in [1.54, 1.807) is 25.6 Å². The van der Waals surface area contributed by atoms with Crippen molar-refractivity contribution in [2.24, 2.45) is 0 Å². The van der Waals surface area contributed by atoms with Crippen LogP contribution >= 0.6 is 11.3 Å². The molecule has 0 saturated carbocycles. The second kappa shape index (κ2) is 7.13. The Bertz CT molecular complexity index is 729. The van der Waals surface area contributed by atoms with Crippen molar-refractivity contribution >= 4 is 22.9 Å². The molecule has 1 aliphatic heterocycles. The highest BCUT2D eigenvalue weighted by Crippen LogP contribution is 2.31. The van der Waals surface area contributed by atoms with Crippen molar-refractivity contribution < 1.29 is 14.3 Å². The van der Waals surface area contributed by atoms with E-state index in [1.807, 2.05) is 35.0 Å². The maximum Gasteiger partial charge on any atom is 0.242 e. The molecule has 0 radical (unpaired) electrons. The summed E-state index contributed by atoms with van der Waals surface area (Å²) in [4.78, 5) is 17.9. The minimum Gasteiger partial charge on any atom is -0.493 e. The molecule has 0 atom stereocenters. The summed E-state index contributed by atoms with van der Waals surface area (Å²) in [5.41, 5.74) is 2.21. The Morgan fingerprint density at radius 3 is 2.79 bits per heavy atom. The average Bonchev–Trinajstić information content (AvgIpc) is 3.08. The third kappa shape index (κ3) is 3.33. The molecule has 1 aromatic heterocycles. The zero-order chi connectivity index (χ0) is 17.1. The number of carbonyl (C=O) groups is 1. The van der Waals surface area contributed by atoms with Crippen molar-refractivity contribution in [1.82, 2.24) is 4.90 Å². The number of fused-ring (bicyclic) bond motifs is 1. The van der Waals surface area contributed by atoms with Crippen LogP contribution in [0.25, 0.3) is 0 Å². The Balaban J connectivity index is 1.66. The summed E-state index contributed by atoms with van der Waals surface area (Å²) < 4.78 is 10.6. The first-order valence-corrected chi connectivity index (χ1v) is 8.76. The number of anilines is 1. The van der Waals surface area contributed by atoms with Gasteiger partial charge in [-0.15, -0.1) is 11.3 Å². The molecule has 0 spiro atoms. The molecule has 2 aromatic rings. The number of likely N-dealkylation sites (N-methyl/N-ethyl adjacent to an activating group) is 1. The first kappa shape index (κ1) is 16.6. The van der Waals surface area contributed by atoms with Crippen molar-refractivity contribution in [3.8, 4) is 11.5 Å². The summed E-state index contributed by atoms with van der Waals surface area (Å²) in [5.74, 6) is 1.49. The summed E-state index contributed by atoms with van der Waals surface area (Å²) in [6.07, 6.45) is 0.957. The van der Waals surface area contributed by atoms with Gasteiger partial charge in [-0.25, -0.2) is 0 Å². The number of hydrogen-bond donors (Lipinski definition) is 0. The molecule has 1 amide bonds. The van der Waals surface area contributed by atoms with Gasteiger partial charge in [-0.2, -0.15) is 0 Å². The van der Waals surface area contributed by atoms with E-state index in [0.717, 1.165) is 25.2 Å². The van der Waals surface area contributed by atoms with Gasteiger partial charge in [0.1, 0.15) is 0 Å². The normalized spacial score (nSPS) is 13.4. The SMILES string of the molecule is COc1ccc(N(C)CC(=O)N2CCc3sccc3C2)cc1OC. The lowest BCUT2D eigenvalue weighted by Gasteiger charge is -2.29. The van der Waals surface area contributed by atoms with Gasteiger partial charge in [-0.05, 0) is 35.6 Å². The molecule has 128 valence electrons. The molecule has 0 N–H and O–H groups in total. The molecule has 0 bridgehead atoms. The highest BCUT2D eigenvalue weighted by molar-refractivity contribution is 7.10. The van der Waals surface area contributed by atoms with Gasteiger partial charge in [0, 0.05) is 36.8 Å². The maximum absolute atomic E-state index is 12.6. The van der Waals surface area contributed by atoms with Gasteiger partial charge < -0.3 is 19.3 Å². The van der Waals surface area contributed by atoms with Crippen molar-refractivity contribution in [1.29, 1.82) is 0 Å². The van der Waals surface area contributed by atoms with Crippen molar-refractivity contribution in [3.05, 3.63) is 40.1 Å². The molecular weight excluding hydrogens is 324 g/mol. The number of ether oxygens (including phenoxy) is 2. The monoisotopic (exact) mass is 346 g/mol. The number of thiophene rings is 1. The average molecular weight is 346 g/mol. The molecule has 0 aliphatic carbocycles. The fourth-order valence-corrected chi connectivity index (χ4v) is 3.81. The molecule has 5 nitrogen and oxygen atoms in total. The Morgan fingerprint density at radius 1 is 1.25 bits per heavy atom. The van der Waals surface area contributed by atoms with Crippen LogP contribution in [0.3, 0.4) is 0 Å². The van der Waals surface area contributed by atoms with Crippen molar-refractivity contribution in [2.45, 2.75) is 13.0 Å². The van der Waals surface area contributed by atoms with Crippen LogP contribution in [0.1, 0.15) is 10.4 Å². The fraction of sp³-hybridized carbons (Fsp3) is 0.389. The van der Waals surface area contributed by atoms with Crippen LogP contribution in [-0.2, 0) is 17.8 Å². The first-order valence-electron chi connectivity index (χ1n) is 7.88. The Kier molecular flexibility index (Phi) is 4.94. The first-order chi connectivity index (χ1) is 11.6. The van der Waals surface area contributed by atoms with Crippen LogP contribution in [0, 0.1) is 0 Å². The number of nitrogens with zero attached hydrogens (tertiary/aromatic N) is 2. The van der Waals surface area contributed by atoms with E-state index in [-0.39, 0.29) is 5.91 Å². The highest BCUT2D eigenvalue weighted by Gasteiger charge is 2.22. The molecule has 1 aliphatic rings. The highest BCUT2D eigenvalue weighted by atomic mass is 32.1. The largest absolute Gasteiger partial charge is 0.493 e. The second-order valence-corrected chi connectivity index (χ2v) is 6.83. The quantitative estimate of drug-likeness (QED) is 0.835. The number of carbonyl (C=O) groups excluding carboxylic acids is 1. The molecule has 0 unspecified atom stereocenters. The van der Waals surface area contributed by atoms with Crippen LogP contribution < -0.4 is 14.4 Å². The minimum atomic E-state index is 0.143. The van der Waals surface area contributed by atoms with E-state index in [2.05, 4.69) is 11.4 Å². The zero-order valence-corrected chi connectivity index (χ0v) is 15.1. The summed E-state index contributed by atoms with van der Waals surface area (Å²) in [6.45, 7) is 1.86. The van der Waals surface area contributed by atoms with E-state index in [1.165, 1.54) is 10.4 Å². The number of hydrogen-bond acceptors (Lipinski definition) is 5. The Hall–Kier alpha value is -2.21. The van der Waals surface area contributed by atoms with Crippen LogP contribution in [0.2, 0.25) is 0 Å². The van der Waals surface area contributed by atoms with Crippen LogP contribution in [0.15, 0.2) is 29.6 Å². The van der Waals surface area contributed by atoms with Gasteiger partial charge in [-0.3, -0.25) is 4.79 Å². The predicted octanol–water partition coefficient (Wildman–Crippen LogP) is 2.79. The van der Waals surface area contributed by atoms with Crippen LogP contribution in [0.5, 0.6) is 11.5 Å². The number of benzene rings is 1. The number of rotatable bonds is 5. The smallest absolute Gasteiger partial charge is 0.242 e. The third-order valence-electron chi connectivity index (χ3n) is 4.34. The summed E-state index contributed by atoms with van der Waals surface area (Å²) in [5, 5.41) is 2.11. The lowest BCUT2D eigenvalue weighted by molar-refractivity contribution is -0.130. The summed E-state index contributed by atoms with van der Waals surface area (Å²) >= 11 is 1.78. The fourth-order valence-electron chi connectivity index (χ4n) is 2.92. The minimum absolute atomic E-state index is 0.143. The van der Waals surface area contributed by atoms with Crippen molar-refractivity contribution in [2.75, 3.05) is 39.3 Å². The molecule has 1 aromatic carbocycles. The maximum atomic E-state index is 12.6. The van der Waals surface area contributed by atoms with E-state index >= 15 is 0 Å². The third-order valence-corrected chi connectivity index (χ3v) is 5.36. The molecule has 24 heavy (non-hydrogen) atoms. The number of methoxy groups -OCH3 is 2. The van der Waals surface area contributed by atoms with E-state index in [4.69, 9.17) is 9.47 Å². The van der Waals surface area contributed by atoms with E-state index in [0.29, 0.717) is 18.0 Å². The predicted molar refractivity (Wildman–Crippen MR) is 96.3 cm³/mol. The van der Waals surface area contributed by atoms with Gasteiger partial charge in [0.15, 0.2) is 11.5 Å². The zero-order valence-electron chi connectivity index (χ0n) is 14.2. The second-order valence-electron chi connectivity index (χ2n) is 5.83. The van der Waals surface area contributed by atoms with Gasteiger partial charge >= 0.3 is 0 Å². The van der Waals surface area contributed by atoms with Gasteiger partial charge in [-0.1, -0.05) is 0 Å². The van der Waals surface area contributed by atoms with E-state index in [9.17, 15) is 4.79 Å². The Labute approximate surface area is 146 Å².